The Labute approximate surface area is 175 Å². The van der Waals surface area contributed by atoms with E-state index in [-0.39, 0.29) is 6.23 Å². The Morgan fingerprint density at radius 1 is 1.21 bits per heavy atom. The topological polar surface area (TPSA) is 52.8 Å². The molecule has 0 spiro atoms. The number of hydrogen-bond donors (Lipinski definition) is 0. The minimum absolute atomic E-state index is 0.0393. The fourth-order valence-corrected chi connectivity index (χ4v) is 5.31. The Hall–Kier alpha value is -2.09. The van der Waals surface area contributed by atoms with Crippen LogP contribution in [0.4, 0.5) is 0 Å². The Morgan fingerprint density at radius 3 is 2.93 bits per heavy atom. The van der Waals surface area contributed by atoms with Gasteiger partial charge in [0, 0.05) is 45.0 Å². The molecule has 142 valence electrons. The molecule has 1 unspecified atom stereocenters. The van der Waals surface area contributed by atoms with Crippen LogP contribution in [0.25, 0.3) is 31.9 Å². The summed E-state index contributed by atoms with van der Waals surface area (Å²) in [5, 5.41) is 5.91. The van der Waals surface area contributed by atoms with Crippen LogP contribution in [0.15, 0.2) is 47.3 Å². The van der Waals surface area contributed by atoms with Gasteiger partial charge in [-0.2, -0.15) is 5.10 Å². The number of nitrogens with zero attached hydrogens (tertiary/aromatic N) is 4. The molecule has 0 saturated carbocycles. The second-order valence-electron chi connectivity index (χ2n) is 6.98. The zero-order valence-electron chi connectivity index (χ0n) is 15.4. The average Bonchev–Trinajstić information content (AvgIpc) is 3.34. The van der Waals surface area contributed by atoms with Gasteiger partial charge in [-0.15, -0.1) is 11.3 Å². The van der Waals surface area contributed by atoms with E-state index in [1.54, 1.807) is 11.3 Å². The van der Waals surface area contributed by atoms with Gasteiger partial charge in [0.1, 0.15) is 0 Å². The molecule has 7 heteroatoms. The molecule has 5 rings (SSSR count). The number of aromatic nitrogens is 4. The van der Waals surface area contributed by atoms with Crippen molar-refractivity contribution < 1.29 is 4.74 Å². The lowest BCUT2D eigenvalue weighted by molar-refractivity contribution is -0.0383. The molecule has 0 amide bonds. The normalized spacial score (nSPS) is 17.3. The molecular formula is C21H19BrN4OS. The number of hydrogen-bond acceptors (Lipinski definition) is 5. The molecule has 1 saturated heterocycles. The summed E-state index contributed by atoms with van der Waals surface area (Å²) in [6, 6.07) is 8.32. The van der Waals surface area contributed by atoms with Crippen molar-refractivity contribution in [1.29, 1.82) is 0 Å². The van der Waals surface area contributed by atoms with Crippen LogP contribution in [0.2, 0.25) is 0 Å². The molecule has 1 aliphatic rings. The van der Waals surface area contributed by atoms with Crippen molar-refractivity contribution in [1.82, 2.24) is 19.7 Å². The first kappa shape index (κ1) is 18.0. The van der Waals surface area contributed by atoms with E-state index < -0.39 is 0 Å². The Bertz CT molecular complexity index is 1150. The highest BCUT2D eigenvalue weighted by Gasteiger charge is 2.25. The smallest absolute Gasteiger partial charge is 0.150 e. The van der Waals surface area contributed by atoms with Gasteiger partial charge >= 0.3 is 0 Å². The molecule has 0 radical (unpaired) electrons. The van der Waals surface area contributed by atoms with E-state index in [1.165, 1.54) is 5.39 Å². The molecule has 5 heterocycles. The van der Waals surface area contributed by atoms with Crippen molar-refractivity contribution in [2.24, 2.45) is 0 Å². The molecule has 4 aromatic rings. The monoisotopic (exact) mass is 454 g/mol. The SMILES string of the molecule is Cc1cccc(-c2c(-c3cc4c(Br)cncc4s3)cnn2C2CCCCO2)n1. The van der Waals surface area contributed by atoms with Crippen LogP contribution in [0.5, 0.6) is 0 Å². The summed E-state index contributed by atoms with van der Waals surface area (Å²) in [5.74, 6) is 0. The van der Waals surface area contributed by atoms with E-state index >= 15 is 0 Å². The number of thiophene rings is 1. The Balaban J connectivity index is 1.70. The van der Waals surface area contributed by atoms with E-state index in [4.69, 9.17) is 14.8 Å². The number of halogens is 1. The van der Waals surface area contributed by atoms with E-state index in [9.17, 15) is 0 Å². The van der Waals surface area contributed by atoms with Gasteiger partial charge < -0.3 is 4.74 Å². The number of ether oxygens (including phenoxy) is 1. The summed E-state index contributed by atoms with van der Waals surface area (Å²) in [4.78, 5) is 10.3. The predicted molar refractivity (Wildman–Crippen MR) is 115 cm³/mol. The molecule has 1 fully saturated rings. The Kier molecular flexibility index (Phi) is 4.74. The van der Waals surface area contributed by atoms with Crippen molar-refractivity contribution in [3.8, 4) is 21.8 Å². The van der Waals surface area contributed by atoms with Crippen LogP contribution in [0.1, 0.15) is 31.2 Å². The van der Waals surface area contributed by atoms with Gasteiger partial charge in [0.15, 0.2) is 6.23 Å². The zero-order valence-corrected chi connectivity index (χ0v) is 17.8. The number of aryl methyl sites for hydroxylation is 1. The summed E-state index contributed by atoms with van der Waals surface area (Å²) >= 11 is 5.34. The molecule has 4 aromatic heterocycles. The third-order valence-electron chi connectivity index (χ3n) is 5.02. The van der Waals surface area contributed by atoms with E-state index in [1.807, 2.05) is 42.3 Å². The maximum atomic E-state index is 6.04. The van der Waals surface area contributed by atoms with E-state index in [0.717, 1.165) is 62.6 Å². The fraction of sp³-hybridized carbons (Fsp3) is 0.286. The van der Waals surface area contributed by atoms with Gasteiger partial charge in [-0.1, -0.05) is 6.07 Å². The van der Waals surface area contributed by atoms with Gasteiger partial charge in [-0.05, 0) is 60.3 Å². The minimum Gasteiger partial charge on any atom is -0.356 e. The summed E-state index contributed by atoms with van der Waals surface area (Å²) in [6.07, 6.45) is 8.89. The molecule has 5 nitrogen and oxygen atoms in total. The van der Waals surface area contributed by atoms with Gasteiger partial charge in [-0.3, -0.25) is 9.97 Å². The van der Waals surface area contributed by atoms with Crippen LogP contribution in [0, 0.1) is 6.92 Å². The second kappa shape index (κ2) is 7.39. The molecule has 0 N–H and O–H groups in total. The van der Waals surface area contributed by atoms with Gasteiger partial charge in [0.2, 0.25) is 0 Å². The van der Waals surface area contributed by atoms with Gasteiger partial charge in [0.05, 0.1) is 22.3 Å². The van der Waals surface area contributed by atoms with Crippen molar-refractivity contribution in [2.75, 3.05) is 6.61 Å². The molecule has 1 atom stereocenters. The van der Waals surface area contributed by atoms with Gasteiger partial charge in [-0.25, -0.2) is 4.68 Å². The highest BCUT2D eigenvalue weighted by atomic mass is 79.9. The van der Waals surface area contributed by atoms with Crippen molar-refractivity contribution in [3.63, 3.8) is 0 Å². The van der Waals surface area contributed by atoms with Crippen molar-refractivity contribution >= 4 is 37.4 Å². The van der Waals surface area contributed by atoms with Crippen molar-refractivity contribution in [2.45, 2.75) is 32.4 Å². The Morgan fingerprint density at radius 2 is 2.14 bits per heavy atom. The highest BCUT2D eigenvalue weighted by molar-refractivity contribution is 9.10. The molecule has 0 aromatic carbocycles. The molecule has 0 bridgehead atoms. The third kappa shape index (κ3) is 3.17. The quantitative estimate of drug-likeness (QED) is 0.381. The first-order valence-corrected chi connectivity index (χ1v) is 11.0. The number of fused-ring (bicyclic) bond motifs is 1. The third-order valence-corrected chi connectivity index (χ3v) is 6.75. The first-order chi connectivity index (χ1) is 13.7. The lowest BCUT2D eigenvalue weighted by Crippen LogP contribution is -2.20. The second-order valence-corrected chi connectivity index (χ2v) is 8.92. The van der Waals surface area contributed by atoms with E-state index in [0.29, 0.717) is 0 Å². The van der Waals surface area contributed by atoms with Crippen LogP contribution in [-0.4, -0.2) is 26.4 Å². The summed E-state index contributed by atoms with van der Waals surface area (Å²) in [5.41, 5.74) is 4.02. The largest absolute Gasteiger partial charge is 0.356 e. The maximum absolute atomic E-state index is 6.04. The lowest BCUT2D eigenvalue weighted by atomic mass is 10.1. The molecule has 0 aliphatic carbocycles. The standard InChI is InChI=1S/C21H19BrN4OS/c1-13-5-4-6-17(25-13)21-15(10-24-26(21)20-7-2-3-8-27-20)18-9-14-16(22)11-23-12-19(14)28-18/h4-6,9-12,20H,2-3,7-8H2,1H3. The van der Waals surface area contributed by atoms with E-state index in [2.05, 4.69) is 33.0 Å². The lowest BCUT2D eigenvalue weighted by Gasteiger charge is -2.24. The predicted octanol–water partition coefficient (Wildman–Crippen LogP) is 5.99. The number of rotatable bonds is 3. The summed E-state index contributed by atoms with van der Waals surface area (Å²) in [6.45, 7) is 2.80. The van der Waals surface area contributed by atoms with Gasteiger partial charge in [0.25, 0.3) is 0 Å². The zero-order chi connectivity index (χ0) is 19.1. The van der Waals surface area contributed by atoms with Crippen LogP contribution < -0.4 is 0 Å². The summed E-state index contributed by atoms with van der Waals surface area (Å²) in [7, 11) is 0. The highest BCUT2D eigenvalue weighted by Crippen LogP contribution is 2.41. The fourth-order valence-electron chi connectivity index (χ4n) is 3.67. The maximum Gasteiger partial charge on any atom is 0.150 e. The average molecular weight is 455 g/mol. The molecular weight excluding hydrogens is 436 g/mol. The molecule has 28 heavy (non-hydrogen) atoms. The number of pyridine rings is 2. The van der Waals surface area contributed by atoms with Crippen LogP contribution in [0.3, 0.4) is 0 Å². The summed E-state index contributed by atoms with van der Waals surface area (Å²) < 4.78 is 10.2. The van der Waals surface area contributed by atoms with Crippen LogP contribution in [-0.2, 0) is 4.74 Å². The minimum atomic E-state index is -0.0393. The van der Waals surface area contributed by atoms with Crippen molar-refractivity contribution in [3.05, 3.63) is 53.0 Å². The van der Waals surface area contributed by atoms with Crippen LogP contribution >= 0.6 is 27.3 Å². The molecule has 1 aliphatic heterocycles. The first-order valence-electron chi connectivity index (χ1n) is 9.37.